The third-order valence-electron chi connectivity index (χ3n) is 11.9. The average molecular weight is 687 g/mol. The smallest absolute Gasteiger partial charge is 0.308 e. The van der Waals surface area contributed by atoms with Gasteiger partial charge in [-0.1, -0.05) is 40.2 Å². The predicted molar refractivity (Wildman–Crippen MR) is 172 cm³/mol. The Kier molecular flexibility index (Phi) is 9.88. The first-order valence-corrected chi connectivity index (χ1v) is 17.1. The van der Waals surface area contributed by atoms with Gasteiger partial charge in [-0.25, -0.2) is 0 Å². The molecule has 1 aliphatic heterocycles. The van der Waals surface area contributed by atoms with Crippen molar-refractivity contribution in [3.8, 4) is 0 Å². The first-order valence-electron chi connectivity index (χ1n) is 17.1. The Balaban J connectivity index is 1.83. The minimum atomic E-state index is -1.20. The quantitative estimate of drug-likeness (QED) is 0.193. The van der Waals surface area contributed by atoms with Crippen LogP contribution in [0.1, 0.15) is 93.6 Å². The highest BCUT2D eigenvalue weighted by atomic mass is 16.6. The number of carbonyl (C=O) groups is 5. The van der Waals surface area contributed by atoms with E-state index in [2.05, 4.69) is 0 Å². The van der Waals surface area contributed by atoms with E-state index < -0.39 is 94.4 Å². The van der Waals surface area contributed by atoms with Crippen molar-refractivity contribution in [3.63, 3.8) is 0 Å². The Hall–Kier alpha value is -3.67. The van der Waals surface area contributed by atoms with Gasteiger partial charge in [-0.3, -0.25) is 24.0 Å². The molecule has 49 heavy (non-hydrogen) atoms. The summed E-state index contributed by atoms with van der Waals surface area (Å²) < 4.78 is 42.7. The van der Waals surface area contributed by atoms with Crippen molar-refractivity contribution in [1.82, 2.24) is 0 Å². The minimum absolute atomic E-state index is 0.132. The number of hydrogen-bond acceptors (Lipinski definition) is 12. The number of carbonyl (C=O) groups excluding carboxylic acids is 5. The summed E-state index contributed by atoms with van der Waals surface area (Å²) in [5, 5.41) is 0. The third kappa shape index (κ3) is 6.08. The highest BCUT2D eigenvalue weighted by molar-refractivity contribution is 5.72. The maximum Gasteiger partial charge on any atom is 0.308 e. The molecule has 0 amide bonds. The molecule has 0 aromatic carbocycles. The van der Waals surface area contributed by atoms with Crippen LogP contribution in [0, 0.1) is 34.0 Å². The van der Waals surface area contributed by atoms with E-state index in [-0.39, 0.29) is 25.6 Å². The zero-order chi connectivity index (χ0) is 36.2. The molecule has 1 aromatic heterocycles. The van der Waals surface area contributed by atoms with Gasteiger partial charge in [0, 0.05) is 68.1 Å². The van der Waals surface area contributed by atoms with Crippen molar-refractivity contribution < 1.29 is 56.8 Å². The number of esters is 5. The molecule has 5 rings (SSSR count). The molecular weight excluding hydrogens is 636 g/mol. The van der Waals surface area contributed by atoms with E-state index in [0.717, 1.165) is 16.7 Å². The minimum Gasteiger partial charge on any atom is -0.472 e. The molecule has 12 nitrogen and oxygen atoms in total. The number of rotatable bonds is 9. The van der Waals surface area contributed by atoms with Gasteiger partial charge in [0.25, 0.3) is 0 Å². The Bertz CT molecular complexity index is 1510. The van der Waals surface area contributed by atoms with Crippen LogP contribution in [-0.2, 0) is 52.4 Å². The molecule has 2 saturated carbocycles. The van der Waals surface area contributed by atoms with Crippen molar-refractivity contribution in [2.75, 3.05) is 13.2 Å². The van der Waals surface area contributed by atoms with Gasteiger partial charge >= 0.3 is 29.8 Å². The molecule has 0 bridgehead atoms. The highest BCUT2D eigenvalue weighted by Crippen LogP contribution is 2.71. The molecule has 11 atom stereocenters. The topological polar surface area (TPSA) is 154 Å². The van der Waals surface area contributed by atoms with Crippen molar-refractivity contribution in [2.24, 2.45) is 34.0 Å². The van der Waals surface area contributed by atoms with Gasteiger partial charge in [0.15, 0.2) is 0 Å². The fourth-order valence-electron chi connectivity index (χ4n) is 9.99. The predicted octanol–water partition coefficient (Wildman–Crippen LogP) is 5.08. The van der Waals surface area contributed by atoms with E-state index in [9.17, 15) is 24.0 Å². The van der Waals surface area contributed by atoms with Crippen LogP contribution in [0.3, 0.4) is 0 Å². The number of ether oxygens (including phenoxy) is 6. The fraction of sp³-hybridized carbons (Fsp3) is 0.703. The van der Waals surface area contributed by atoms with Crippen LogP contribution in [0.25, 0.3) is 0 Å². The number of furan rings is 1. The Morgan fingerprint density at radius 1 is 0.878 bits per heavy atom. The van der Waals surface area contributed by atoms with Crippen LogP contribution in [0.4, 0.5) is 0 Å². The van der Waals surface area contributed by atoms with Crippen molar-refractivity contribution in [3.05, 3.63) is 35.3 Å². The summed E-state index contributed by atoms with van der Waals surface area (Å²) in [6.45, 7) is 16.8. The van der Waals surface area contributed by atoms with Gasteiger partial charge in [-0.2, -0.15) is 0 Å². The molecule has 4 aliphatic rings. The van der Waals surface area contributed by atoms with Gasteiger partial charge in [0.2, 0.25) is 0 Å². The molecule has 0 N–H and O–H groups in total. The molecule has 270 valence electrons. The van der Waals surface area contributed by atoms with E-state index in [1.165, 1.54) is 27.7 Å². The molecule has 5 unspecified atom stereocenters. The van der Waals surface area contributed by atoms with Crippen molar-refractivity contribution in [1.29, 1.82) is 0 Å². The summed E-state index contributed by atoms with van der Waals surface area (Å²) in [6.07, 6.45) is -0.154. The van der Waals surface area contributed by atoms with E-state index in [4.69, 9.17) is 32.8 Å². The number of hydrogen-bond donors (Lipinski definition) is 0. The van der Waals surface area contributed by atoms with E-state index >= 15 is 0 Å². The lowest BCUT2D eigenvalue weighted by molar-refractivity contribution is -0.266. The molecule has 12 heteroatoms. The van der Waals surface area contributed by atoms with Crippen LogP contribution in [0.15, 0.2) is 34.2 Å². The zero-order valence-corrected chi connectivity index (χ0v) is 30.2. The Morgan fingerprint density at radius 2 is 1.51 bits per heavy atom. The summed E-state index contributed by atoms with van der Waals surface area (Å²) in [5.41, 5.74) is -0.471. The lowest BCUT2D eigenvalue weighted by Gasteiger charge is -2.66. The Morgan fingerprint density at radius 3 is 2.06 bits per heavy atom. The molecule has 1 saturated heterocycles. The van der Waals surface area contributed by atoms with Crippen molar-refractivity contribution in [2.45, 2.75) is 119 Å². The van der Waals surface area contributed by atoms with Gasteiger partial charge in [0.1, 0.15) is 24.4 Å². The normalized spacial score (nSPS) is 38.1. The zero-order valence-electron chi connectivity index (χ0n) is 30.2. The van der Waals surface area contributed by atoms with Gasteiger partial charge in [0.05, 0.1) is 37.8 Å². The second-order valence-corrected chi connectivity index (χ2v) is 15.2. The third-order valence-corrected chi connectivity index (χ3v) is 11.9. The van der Waals surface area contributed by atoms with Crippen molar-refractivity contribution >= 4 is 29.8 Å². The van der Waals surface area contributed by atoms with E-state index in [1.807, 2.05) is 33.8 Å². The molecule has 1 aromatic rings. The van der Waals surface area contributed by atoms with Crippen LogP contribution in [0.5, 0.6) is 0 Å². The highest BCUT2D eigenvalue weighted by Gasteiger charge is 2.77. The van der Waals surface area contributed by atoms with Crippen LogP contribution in [-0.4, -0.2) is 73.6 Å². The first-order chi connectivity index (χ1) is 22.9. The summed E-state index contributed by atoms with van der Waals surface area (Å²) >= 11 is 0. The lowest BCUT2D eigenvalue weighted by atomic mass is 9.40. The molecule has 3 aliphatic carbocycles. The average Bonchev–Trinajstić information content (AvgIpc) is 3.71. The summed E-state index contributed by atoms with van der Waals surface area (Å²) in [4.78, 5) is 64.2. The fourth-order valence-corrected chi connectivity index (χ4v) is 9.99. The lowest BCUT2D eigenvalue weighted by Crippen LogP contribution is -2.73. The monoisotopic (exact) mass is 686 g/mol. The Labute approximate surface area is 287 Å². The second-order valence-electron chi connectivity index (χ2n) is 15.2. The molecule has 2 heterocycles. The standard InChI is InChI=1S/C37H50O12/c1-18(2)34(42)49-33-31-32-35(8,17-45-31)28(47-22(6)40)14-29(48-23(7)41)36(32,9)27(16-44-20(4)38)37(33,10)30-19(3)25(24-11-12-43-15-24)13-26(30)46-21(5)39/h11-12,15,18,25-29,31-33H,13-14,16-17H2,1-10H3/t25-,26+,27-,28?,29?,31?,32?,33?,35-,36+,37-/m1/s1. The van der Waals surface area contributed by atoms with Gasteiger partial charge < -0.3 is 32.8 Å². The van der Waals surface area contributed by atoms with Crippen LogP contribution in [0.2, 0.25) is 0 Å². The number of allylic oxidation sites excluding steroid dienone is 1. The summed E-state index contributed by atoms with van der Waals surface area (Å²) in [6, 6.07) is 1.87. The first kappa shape index (κ1) is 36.6. The van der Waals surface area contributed by atoms with Crippen LogP contribution < -0.4 is 0 Å². The maximum atomic E-state index is 13.7. The van der Waals surface area contributed by atoms with Crippen LogP contribution >= 0.6 is 0 Å². The van der Waals surface area contributed by atoms with Gasteiger partial charge in [-0.15, -0.1) is 0 Å². The maximum absolute atomic E-state index is 13.7. The molecule has 0 radical (unpaired) electrons. The van der Waals surface area contributed by atoms with E-state index in [0.29, 0.717) is 6.42 Å². The largest absolute Gasteiger partial charge is 0.472 e. The SMILES string of the molecule is CC(=O)OC[C@@H]1[C@@]2(C)C(OC(C)=O)CC(OC(C)=O)[C@@]3(C)COC(C32)C(OC(=O)C(C)C)[C@@]1(C)C1=C(C)[C@H](c2ccoc2)C[C@@H]1OC(C)=O. The van der Waals surface area contributed by atoms with E-state index in [1.54, 1.807) is 26.4 Å². The summed E-state index contributed by atoms with van der Waals surface area (Å²) in [7, 11) is 0. The van der Waals surface area contributed by atoms with Gasteiger partial charge in [-0.05, 0) is 30.5 Å². The summed E-state index contributed by atoms with van der Waals surface area (Å²) in [5.74, 6) is -4.34. The molecular formula is C37H50O12. The molecule has 3 fully saturated rings. The second kappa shape index (κ2) is 13.2. The molecule has 0 spiro atoms.